The van der Waals surface area contributed by atoms with Crippen LogP contribution in [-0.4, -0.2) is 27.6 Å². The number of imide groups is 1. The third-order valence-electron chi connectivity index (χ3n) is 9.33. The van der Waals surface area contributed by atoms with Crippen LogP contribution in [0.25, 0.3) is 10.9 Å². The predicted octanol–water partition coefficient (Wildman–Crippen LogP) is 7.53. The summed E-state index contributed by atoms with van der Waals surface area (Å²) < 4.78 is 2.19. The molecule has 206 valence electrons. The highest BCUT2D eigenvalue weighted by Crippen LogP contribution is 2.61. The van der Waals surface area contributed by atoms with Crippen LogP contribution in [-0.2, 0) is 16.1 Å². The van der Waals surface area contributed by atoms with E-state index < -0.39 is 11.8 Å². The fourth-order valence-electron chi connectivity index (χ4n) is 7.54. The van der Waals surface area contributed by atoms with Gasteiger partial charge in [0.1, 0.15) is 0 Å². The molecule has 2 amide bonds. The number of rotatable bonds is 4. The Kier molecular flexibility index (Phi) is 5.72. The van der Waals surface area contributed by atoms with Gasteiger partial charge in [-0.05, 0) is 52.9 Å². The fraction of sp³-hybridized carbons (Fsp3) is 0.171. The highest BCUT2D eigenvalue weighted by Gasteiger charge is 2.61. The van der Waals surface area contributed by atoms with Gasteiger partial charge in [-0.15, -0.1) is 0 Å². The van der Waals surface area contributed by atoms with Crippen LogP contribution in [0.2, 0.25) is 10.0 Å². The minimum Gasteiger partial charge on any atom is -0.340 e. The molecule has 4 aliphatic rings. The SMILES string of the molecule is Cc1c(/C=N\N2C(=O)[C@@H]3C4c5ccccc5C(c5ccccc54)[C@@H]3C2=O)c2ccccc2n1Cc1ccc(Cl)c(Cl)c1. The number of amides is 2. The molecule has 9 rings (SSSR count). The Morgan fingerprint density at radius 2 is 1.29 bits per heavy atom. The predicted molar refractivity (Wildman–Crippen MR) is 165 cm³/mol. The number of aromatic nitrogens is 1. The van der Waals surface area contributed by atoms with Crippen LogP contribution in [0.4, 0.5) is 0 Å². The number of hydrogen-bond donors (Lipinski definition) is 0. The standard InChI is InChI=1S/C35H25Cl2N3O2/c1-19-26(21-8-6-7-13-29(21)39(19)18-20-14-15-27(36)28(37)16-20)17-38-40-34(41)32-30-22-9-2-3-10-23(22)31(33(32)35(40)42)25-12-5-4-11-24(25)30/h2-17,30-33H,18H2,1H3/b38-17-/t30?,31?,32-,33+. The van der Waals surface area contributed by atoms with Crippen molar-refractivity contribution in [3.8, 4) is 0 Å². The Morgan fingerprint density at radius 1 is 0.738 bits per heavy atom. The highest BCUT2D eigenvalue weighted by molar-refractivity contribution is 6.42. The molecule has 7 heteroatoms. The lowest BCUT2D eigenvalue weighted by Gasteiger charge is -2.45. The Hall–Kier alpha value is -4.19. The van der Waals surface area contributed by atoms with Gasteiger partial charge in [0.2, 0.25) is 0 Å². The third kappa shape index (κ3) is 3.53. The zero-order chi connectivity index (χ0) is 28.7. The second-order valence-electron chi connectivity index (χ2n) is 11.3. The summed E-state index contributed by atoms with van der Waals surface area (Å²) in [6.45, 7) is 2.61. The van der Waals surface area contributed by atoms with E-state index in [9.17, 15) is 9.59 Å². The van der Waals surface area contributed by atoms with Crippen molar-refractivity contribution in [3.63, 3.8) is 0 Å². The lowest BCUT2D eigenvalue weighted by atomic mass is 9.55. The summed E-state index contributed by atoms with van der Waals surface area (Å²) in [4.78, 5) is 28.0. The highest BCUT2D eigenvalue weighted by atomic mass is 35.5. The van der Waals surface area contributed by atoms with E-state index in [2.05, 4.69) is 40.0 Å². The number of para-hydroxylation sites is 1. The molecule has 1 aliphatic heterocycles. The van der Waals surface area contributed by atoms with Crippen LogP contribution in [0.5, 0.6) is 0 Å². The number of nitrogens with zero attached hydrogens (tertiary/aromatic N) is 3. The molecule has 3 aliphatic carbocycles. The first kappa shape index (κ1) is 25.5. The lowest BCUT2D eigenvalue weighted by Crippen LogP contribution is -2.41. The van der Waals surface area contributed by atoms with Gasteiger partial charge in [0.05, 0.1) is 28.1 Å². The molecule has 0 N–H and O–H groups in total. The summed E-state index contributed by atoms with van der Waals surface area (Å²) in [5, 5.41) is 7.77. The van der Waals surface area contributed by atoms with Crippen LogP contribution >= 0.6 is 23.2 Å². The van der Waals surface area contributed by atoms with E-state index in [1.807, 2.05) is 61.5 Å². The van der Waals surface area contributed by atoms with Crippen LogP contribution in [0.15, 0.2) is 96.1 Å². The van der Waals surface area contributed by atoms with Crippen molar-refractivity contribution < 1.29 is 9.59 Å². The van der Waals surface area contributed by atoms with E-state index in [1.54, 1.807) is 12.3 Å². The molecule has 2 bridgehead atoms. The molecule has 2 atom stereocenters. The minimum absolute atomic E-state index is 0.154. The van der Waals surface area contributed by atoms with Crippen molar-refractivity contribution in [2.24, 2.45) is 16.9 Å². The number of benzene rings is 4. The number of carbonyl (C=O) groups excluding carboxylic acids is 2. The summed E-state index contributed by atoms with van der Waals surface area (Å²) in [5.74, 6) is -1.67. The Labute approximate surface area is 253 Å². The number of fused-ring (bicyclic) bond motifs is 1. The maximum atomic E-state index is 14.0. The summed E-state index contributed by atoms with van der Waals surface area (Å²) in [5.41, 5.74) is 8.48. The molecule has 1 fully saturated rings. The van der Waals surface area contributed by atoms with E-state index in [0.717, 1.165) is 55.0 Å². The minimum atomic E-state index is -0.457. The van der Waals surface area contributed by atoms with Crippen LogP contribution in [0.3, 0.4) is 0 Å². The van der Waals surface area contributed by atoms with E-state index in [4.69, 9.17) is 23.2 Å². The van der Waals surface area contributed by atoms with Gasteiger partial charge in [-0.25, -0.2) is 0 Å². The van der Waals surface area contributed by atoms with E-state index in [-0.39, 0.29) is 23.7 Å². The second kappa shape index (κ2) is 9.41. The fourth-order valence-corrected chi connectivity index (χ4v) is 7.86. The van der Waals surface area contributed by atoms with Crippen LogP contribution < -0.4 is 0 Å². The van der Waals surface area contributed by atoms with E-state index in [1.165, 1.54) is 0 Å². The number of hydrazone groups is 1. The first-order valence-electron chi connectivity index (χ1n) is 14.0. The zero-order valence-electron chi connectivity index (χ0n) is 22.7. The Morgan fingerprint density at radius 3 is 1.86 bits per heavy atom. The molecule has 1 saturated heterocycles. The topological polar surface area (TPSA) is 54.7 Å². The summed E-state index contributed by atoms with van der Waals surface area (Å²) >= 11 is 12.4. The van der Waals surface area contributed by atoms with Gasteiger partial charge in [0, 0.05) is 40.5 Å². The maximum Gasteiger partial charge on any atom is 0.254 e. The Bertz CT molecular complexity index is 1880. The molecule has 0 spiro atoms. The van der Waals surface area contributed by atoms with Gasteiger partial charge in [-0.1, -0.05) is 96.0 Å². The van der Waals surface area contributed by atoms with Crippen LogP contribution in [0.1, 0.15) is 50.9 Å². The molecule has 0 unspecified atom stereocenters. The van der Waals surface area contributed by atoms with Crippen LogP contribution in [0, 0.1) is 18.8 Å². The molecule has 1 aromatic heterocycles. The van der Waals surface area contributed by atoms with Crippen molar-refractivity contribution in [2.45, 2.75) is 25.3 Å². The van der Waals surface area contributed by atoms with Gasteiger partial charge in [0.25, 0.3) is 11.8 Å². The van der Waals surface area contributed by atoms with Gasteiger partial charge >= 0.3 is 0 Å². The maximum absolute atomic E-state index is 14.0. The number of carbonyl (C=O) groups is 2. The largest absolute Gasteiger partial charge is 0.340 e. The lowest BCUT2D eigenvalue weighted by molar-refractivity contribution is -0.139. The summed E-state index contributed by atoms with van der Waals surface area (Å²) in [6, 6.07) is 30.2. The van der Waals surface area contributed by atoms with Gasteiger partial charge in [0.15, 0.2) is 0 Å². The van der Waals surface area contributed by atoms with Gasteiger partial charge in [-0.2, -0.15) is 10.1 Å². The Balaban J connectivity index is 1.18. The normalized spacial score (nSPS) is 22.2. The molecule has 42 heavy (non-hydrogen) atoms. The molecule has 5 aromatic rings. The third-order valence-corrected chi connectivity index (χ3v) is 10.1. The molecule has 0 saturated carbocycles. The summed E-state index contributed by atoms with van der Waals surface area (Å²) in [6.07, 6.45) is 1.68. The smallest absolute Gasteiger partial charge is 0.254 e. The number of hydrogen-bond acceptors (Lipinski definition) is 3. The molecule has 5 nitrogen and oxygen atoms in total. The zero-order valence-corrected chi connectivity index (χ0v) is 24.2. The van der Waals surface area contributed by atoms with Gasteiger partial charge < -0.3 is 4.57 Å². The first-order chi connectivity index (χ1) is 20.4. The van der Waals surface area contributed by atoms with E-state index >= 15 is 0 Å². The second-order valence-corrected chi connectivity index (χ2v) is 12.2. The van der Waals surface area contributed by atoms with Gasteiger partial charge in [-0.3, -0.25) is 9.59 Å². The summed E-state index contributed by atoms with van der Waals surface area (Å²) in [7, 11) is 0. The molecule has 4 aromatic carbocycles. The average molecular weight is 591 g/mol. The molecular formula is C35H25Cl2N3O2. The van der Waals surface area contributed by atoms with Crippen molar-refractivity contribution in [1.82, 2.24) is 9.58 Å². The quantitative estimate of drug-likeness (QED) is 0.161. The van der Waals surface area contributed by atoms with Crippen molar-refractivity contribution >= 4 is 52.1 Å². The molecule has 2 heterocycles. The van der Waals surface area contributed by atoms with Crippen molar-refractivity contribution in [3.05, 3.63) is 140 Å². The average Bonchev–Trinajstić information content (AvgIpc) is 3.42. The molecule has 0 radical (unpaired) electrons. The first-order valence-corrected chi connectivity index (χ1v) is 14.8. The number of halogens is 2. The van der Waals surface area contributed by atoms with Crippen molar-refractivity contribution in [1.29, 1.82) is 0 Å². The van der Waals surface area contributed by atoms with Crippen molar-refractivity contribution in [2.75, 3.05) is 0 Å². The van der Waals surface area contributed by atoms with E-state index in [0.29, 0.717) is 16.6 Å². The molecular weight excluding hydrogens is 565 g/mol. The monoisotopic (exact) mass is 589 g/mol.